The molecule has 0 spiro atoms. The second-order valence-corrected chi connectivity index (χ2v) is 4.33. The van der Waals surface area contributed by atoms with Gasteiger partial charge >= 0.3 is 5.97 Å². The Labute approximate surface area is 96.2 Å². The molecule has 0 aromatic heterocycles. The third-order valence-electron chi connectivity index (χ3n) is 2.24. The molecule has 0 aliphatic heterocycles. The summed E-state index contributed by atoms with van der Waals surface area (Å²) in [6.07, 6.45) is 1.57. The number of amides is 1. The quantitative estimate of drug-likeness (QED) is 0.572. The van der Waals surface area contributed by atoms with E-state index in [0.717, 1.165) is 11.6 Å². The summed E-state index contributed by atoms with van der Waals surface area (Å²) < 4.78 is 5.14. The van der Waals surface area contributed by atoms with E-state index in [2.05, 4.69) is 6.58 Å². The Morgan fingerprint density at radius 3 is 2.25 bits per heavy atom. The molecule has 1 amide bonds. The summed E-state index contributed by atoms with van der Waals surface area (Å²) in [7, 11) is 0. The molecule has 90 valence electrons. The summed E-state index contributed by atoms with van der Waals surface area (Å²) in [6.45, 7) is 10.3. The fraction of sp³-hybridized carbons (Fsp3) is 0.500. The highest BCUT2D eigenvalue weighted by Crippen LogP contribution is 2.22. The Morgan fingerprint density at radius 1 is 1.38 bits per heavy atom. The second kappa shape index (κ2) is 5.49. The van der Waals surface area contributed by atoms with Crippen LogP contribution >= 0.6 is 0 Å². The number of esters is 1. The average Bonchev–Trinajstić information content (AvgIpc) is 2.14. The van der Waals surface area contributed by atoms with Gasteiger partial charge in [-0.25, -0.2) is 4.79 Å². The Hall–Kier alpha value is -1.58. The molecular formula is C12H19NO3. The largest absolute Gasteiger partial charge is 0.456 e. The number of hydrogen-bond donors (Lipinski definition) is 1. The highest BCUT2D eigenvalue weighted by Gasteiger charge is 2.23. The van der Waals surface area contributed by atoms with E-state index < -0.39 is 17.5 Å². The molecule has 0 atom stereocenters. The van der Waals surface area contributed by atoms with Gasteiger partial charge < -0.3 is 10.5 Å². The molecule has 0 radical (unpaired) electrons. The van der Waals surface area contributed by atoms with Crippen LogP contribution in [0.15, 0.2) is 23.8 Å². The van der Waals surface area contributed by atoms with Crippen LogP contribution in [0, 0.1) is 0 Å². The third-order valence-corrected chi connectivity index (χ3v) is 2.24. The standard InChI is InChI=1S/C12H19NO3/c1-6-10(14)16-12(4,5)7-8(2)9(3)11(13)15/h6H,1,7H2,2-5H3,(H2,13,15)/b9-8+. The minimum absolute atomic E-state index is 0.455. The number of carbonyl (C=O) groups is 2. The van der Waals surface area contributed by atoms with Gasteiger partial charge in [-0.3, -0.25) is 4.79 Å². The first-order valence-corrected chi connectivity index (χ1v) is 5.01. The first-order chi connectivity index (χ1) is 7.19. The van der Waals surface area contributed by atoms with Crippen LogP contribution in [0.3, 0.4) is 0 Å². The summed E-state index contributed by atoms with van der Waals surface area (Å²) in [6, 6.07) is 0. The Balaban J connectivity index is 4.71. The number of hydrogen-bond acceptors (Lipinski definition) is 3. The Bertz CT molecular complexity index is 340. The van der Waals surface area contributed by atoms with Crippen molar-refractivity contribution in [2.24, 2.45) is 5.73 Å². The van der Waals surface area contributed by atoms with Crippen LogP contribution in [0.1, 0.15) is 34.1 Å². The van der Waals surface area contributed by atoms with Gasteiger partial charge in [-0.1, -0.05) is 12.2 Å². The van der Waals surface area contributed by atoms with E-state index in [9.17, 15) is 9.59 Å². The maximum atomic E-state index is 11.1. The number of primary amides is 1. The summed E-state index contributed by atoms with van der Waals surface area (Å²) in [5, 5.41) is 0. The van der Waals surface area contributed by atoms with Crippen LogP contribution < -0.4 is 5.73 Å². The third kappa shape index (κ3) is 4.77. The highest BCUT2D eigenvalue weighted by molar-refractivity contribution is 5.92. The minimum atomic E-state index is -0.675. The molecular weight excluding hydrogens is 206 g/mol. The van der Waals surface area contributed by atoms with E-state index >= 15 is 0 Å². The average molecular weight is 225 g/mol. The molecule has 16 heavy (non-hydrogen) atoms. The van der Waals surface area contributed by atoms with Gasteiger partial charge in [0.05, 0.1) is 0 Å². The van der Waals surface area contributed by atoms with E-state index in [-0.39, 0.29) is 0 Å². The molecule has 0 aliphatic carbocycles. The zero-order valence-corrected chi connectivity index (χ0v) is 10.3. The van der Waals surface area contributed by atoms with Crippen molar-refractivity contribution in [2.75, 3.05) is 0 Å². The first-order valence-electron chi connectivity index (χ1n) is 5.01. The van der Waals surface area contributed by atoms with Crippen molar-refractivity contribution in [2.45, 2.75) is 39.7 Å². The van der Waals surface area contributed by atoms with Crippen LogP contribution in [-0.2, 0) is 14.3 Å². The molecule has 0 aromatic carbocycles. The Kier molecular flexibility index (Phi) is 4.95. The minimum Gasteiger partial charge on any atom is -0.456 e. The van der Waals surface area contributed by atoms with Crippen LogP contribution in [0.5, 0.6) is 0 Å². The van der Waals surface area contributed by atoms with Crippen molar-refractivity contribution < 1.29 is 14.3 Å². The smallest absolute Gasteiger partial charge is 0.330 e. The van der Waals surface area contributed by atoms with Gasteiger partial charge in [-0.05, 0) is 27.7 Å². The topological polar surface area (TPSA) is 69.4 Å². The maximum absolute atomic E-state index is 11.1. The van der Waals surface area contributed by atoms with Crippen LogP contribution in [0.4, 0.5) is 0 Å². The summed E-state index contributed by atoms with van der Waals surface area (Å²) >= 11 is 0. The van der Waals surface area contributed by atoms with Crippen molar-refractivity contribution in [1.82, 2.24) is 0 Å². The predicted octanol–water partition coefficient (Wildman–Crippen LogP) is 1.71. The van der Waals surface area contributed by atoms with Gasteiger partial charge in [0, 0.05) is 18.1 Å². The molecule has 0 bridgehead atoms. The van der Waals surface area contributed by atoms with Gasteiger partial charge in [0.15, 0.2) is 0 Å². The van der Waals surface area contributed by atoms with Crippen molar-refractivity contribution in [1.29, 1.82) is 0 Å². The second-order valence-electron chi connectivity index (χ2n) is 4.33. The molecule has 4 heteroatoms. The molecule has 0 saturated heterocycles. The van der Waals surface area contributed by atoms with Crippen molar-refractivity contribution >= 4 is 11.9 Å². The molecule has 4 nitrogen and oxygen atoms in total. The Morgan fingerprint density at radius 2 is 1.88 bits per heavy atom. The van der Waals surface area contributed by atoms with Gasteiger partial charge in [0.25, 0.3) is 0 Å². The fourth-order valence-corrected chi connectivity index (χ4v) is 1.33. The van der Waals surface area contributed by atoms with Gasteiger partial charge in [0.1, 0.15) is 5.60 Å². The molecule has 2 N–H and O–H groups in total. The zero-order valence-electron chi connectivity index (χ0n) is 10.3. The van der Waals surface area contributed by atoms with Crippen molar-refractivity contribution in [3.05, 3.63) is 23.8 Å². The predicted molar refractivity (Wildman–Crippen MR) is 62.6 cm³/mol. The normalized spacial score (nSPS) is 12.8. The highest BCUT2D eigenvalue weighted by atomic mass is 16.6. The first kappa shape index (κ1) is 14.4. The summed E-state index contributed by atoms with van der Waals surface area (Å²) in [4.78, 5) is 22.0. The van der Waals surface area contributed by atoms with Gasteiger partial charge in [-0.15, -0.1) is 0 Å². The van der Waals surface area contributed by atoms with E-state index in [1.165, 1.54) is 0 Å². The summed E-state index contributed by atoms with van der Waals surface area (Å²) in [5.41, 5.74) is 5.80. The molecule has 0 unspecified atom stereocenters. The van der Waals surface area contributed by atoms with Crippen LogP contribution in [0.2, 0.25) is 0 Å². The van der Waals surface area contributed by atoms with Gasteiger partial charge in [0.2, 0.25) is 5.91 Å². The molecule has 0 aliphatic rings. The van der Waals surface area contributed by atoms with E-state index in [0.29, 0.717) is 12.0 Å². The monoisotopic (exact) mass is 225 g/mol. The lowest BCUT2D eigenvalue weighted by molar-refractivity contribution is -0.149. The van der Waals surface area contributed by atoms with E-state index in [4.69, 9.17) is 10.5 Å². The molecule has 0 heterocycles. The fourth-order valence-electron chi connectivity index (χ4n) is 1.33. The van der Waals surface area contributed by atoms with Crippen molar-refractivity contribution in [3.63, 3.8) is 0 Å². The van der Waals surface area contributed by atoms with Crippen molar-refractivity contribution in [3.8, 4) is 0 Å². The van der Waals surface area contributed by atoms with E-state index in [1.54, 1.807) is 27.7 Å². The summed E-state index contributed by atoms with van der Waals surface area (Å²) in [5.74, 6) is -0.933. The zero-order chi connectivity index (χ0) is 12.9. The SMILES string of the molecule is C=CC(=O)OC(C)(C)C/C(C)=C(\C)C(N)=O. The lowest BCUT2D eigenvalue weighted by Crippen LogP contribution is -2.28. The lowest BCUT2D eigenvalue weighted by Gasteiger charge is -2.25. The number of nitrogens with two attached hydrogens (primary N) is 1. The lowest BCUT2D eigenvalue weighted by atomic mass is 9.96. The molecule has 0 saturated carbocycles. The molecule has 0 aromatic rings. The molecule has 0 rings (SSSR count). The van der Waals surface area contributed by atoms with Gasteiger partial charge in [-0.2, -0.15) is 0 Å². The van der Waals surface area contributed by atoms with E-state index in [1.807, 2.05) is 0 Å². The molecule has 0 fully saturated rings. The number of rotatable bonds is 5. The van der Waals surface area contributed by atoms with Crippen LogP contribution in [0.25, 0.3) is 0 Å². The number of carbonyl (C=O) groups excluding carboxylic acids is 2. The maximum Gasteiger partial charge on any atom is 0.330 e. The van der Waals surface area contributed by atoms with Crippen LogP contribution in [-0.4, -0.2) is 17.5 Å². The number of ether oxygens (including phenoxy) is 1.